The lowest BCUT2D eigenvalue weighted by Gasteiger charge is -2.28. The van der Waals surface area contributed by atoms with Crippen molar-refractivity contribution in [2.24, 2.45) is 5.92 Å². The summed E-state index contributed by atoms with van der Waals surface area (Å²) < 4.78 is 35.4. The Labute approximate surface area is 83.1 Å². The molecule has 0 aromatic heterocycles. The third-order valence-corrected chi connectivity index (χ3v) is 2.81. The molecule has 0 aromatic rings. The highest BCUT2D eigenvalue weighted by Gasteiger charge is 2.26. The van der Waals surface area contributed by atoms with E-state index in [0.29, 0.717) is 0 Å². The molecule has 0 heterocycles. The maximum atomic E-state index is 11.8. The highest BCUT2D eigenvalue weighted by Crippen LogP contribution is 2.30. The van der Waals surface area contributed by atoms with Crippen LogP contribution in [0.3, 0.4) is 0 Å². The predicted octanol–water partition coefficient (Wildman–Crippen LogP) is 3.11. The smallest absolute Gasteiger partial charge is 0.314 e. The fourth-order valence-corrected chi connectivity index (χ4v) is 1.77. The minimum absolute atomic E-state index is 0.0530. The van der Waals surface area contributed by atoms with Crippen LogP contribution in [0.5, 0.6) is 0 Å². The van der Waals surface area contributed by atoms with Crippen molar-refractivity contribution < 1.29 is 13.2 Å². The Bertz CT molecular complexity index is 163. The van der Waals surface area contributed by atoms with Crippen LogP contribution in [0.15, 0.2) is 0 Å². The minimum Gasteiger partial charge on any atom is -0.314 e. The molecule has 1 nitrogen and oxygen atoms in total. The Morgan fingerprint density at radius 3 is 2.43 bits per heavy atom. The van der Waals surface area contributed by atoms with Gasteiger partial charge in [-0.2, -0.15) is 13.2 Å². The lowest BCUT2D eigenvalue weighted by atomic mass is 9.81. The van der Waals surface area contributed by atoms with E-state index in [1.165, 1.54) is 19.3 Å². The molecule has 1 fully saturated rings. The Morgan fingerprint density at radius 2 is 2.00 bits per heavy atom. The van der Waals surface area contributed by atoms with E-state index in [-0.39, 0.29) is 12.6 Å². The molecule has 0 bridgehead atoms. The summed E-state index contributed by atoms with van der Waals surface area (Å²) in [6.45, 7) is 2.02. The Balaban J connectivity index is 1.99. The second-order valence-electron chi connectivity index (χ2n) is 4.25. The van der Waals surface area contributed by atoms with Crippen molar-refractivity contribution in [3.05, 3.63) is 0 Å². The molecule has 1 N–H and O–H groups in total. The summed E-state index contributed by atoms with van der Waals surface area (Å²) in [5, 5.41) is 2.92. The average Bonchev–Trinajstić information content (AvgIpc) is 1.94. The van der Waals surface area contributed by atoms with Crippen LogP contribution < -0.4 is 5.32 Å². The van der Waals surface area contributed by atoms with Crippen molar-refractivity contribution in [2.45, 2.75) is 51.2 Å². The minimum atomic E-state index is -4.02. The maximum Gasteiger partial charge on any atom is 0.390 e. The van der Waals surface area contributed by atoms with Gasteiger partial charge in [0.05, 0.1) is 6.42 Å². The largest absolute Gasteiger partial charge is 0.390 e. The van der Waals surface area contributed by atoms with Crippen LogP contribution in [0.1, 0.15) is 39.0 Å². The van der Waals surface area contributed by atoms with Gasteiger partial charge in [-0.05, 0) is 19.3 Å². The Morgan fingerprint density at radius 1 is 1.36 bits per heavy atom. The van der Waals surface area contributed by atoms with Gasteiger partial charge in [-0.1, -0.05) is 19.3 Å². The van der Waals surface area contributed by atoms with Gasteiger partial charge >= 0.3 is 6.18 Å². The standard InChI is InChI=1S/C10H18F3N/c1-8(7-9-3-2-4-9)14-6-5-10(11,12)13/h8-9,14H,2-7H2,1H3. The van der Waals surface area contributed by atoms with Crippen molar-refractivity contribution >= 4 is 0 Å². The predicted molar refractivity (Wildman–Crippen MR) is 50.1 cm³/mol. The summed E-state index contributed by atoms with van der Waals surface area (Å²) in [6, 6.07) is 0.225. The normalized spacial score (nSPS) is 20.6. The van der Waals surface area contributed by atoms with Gasteiger partial charge in [0.1, 0.15) is 0 Å². The summed E-state index contributed by atoms with van der Waals surface area (Å²) in [5.41, 5.74) is 0. The molecular weight excluding hydrogens is 191 g/mol. The topological polar surface area (TPSA) is 12.0 Å². The lowest BCUT2D eigenvalue weighted by Crippen LogP contribution is -2.32. The molecule has 1 atom stereocenters. The summed E-state index contributed by atoms with van der Waals surface area (Å²) in [5.74, 6) is 0.753. The van der Waals surface area contributed by atoms with Crippen LogP contribution in [-0.4, -0.2) is 18.8 Å². The summed E-state index contributed by atoms with van der Waals surface area (Å²) in [6.07, 6.45) is 0.0829. The second-order valence-corrected chi connectivity index (χ2v) is 4.25. The van der Waals surface area contributed by atoms with Crippen molar-refractivity contribution in [1.29, 1.82) is 0 Å². The van der Waals surface area contributed by atoms with E-state index in [2.05, 4.69) is 5.32 Å². The first-order chi connectivity index (χ1) is 6.47. The monoisotopic (exact) mass is 209 g/mol. The summed E-state index contributed by atoms with van der Waals surface area (Å²) in [7, 11) is 0. The number of hydrogen-bond donors (Lipinski definition) is 1. The van der Waals surface area contributed by atoms with Gasteiger partial charge in [0.2, 0.25) is 0 Å². The van der Waals surface area contributed by atoms with E-state index < -0.39 is 12.6 Å². The zero-order valence-electron chi connectivity index (χ0n) is 8.53. The van der Waals surface area contributed by atoms with E-state index in [1.54, 1.807) is 0 Å². The highest BCUT2D eigenvalue weighted by molar-refractivity contribution is 4.74. The molecular formula is C10H18F3N. The molecule has 1 unspecified atom stereocenters. The van der Waals surface area contributed by atoms with Gasteiger partial charge < -0.3 is 5.32 Å². The average molecular weight is 209 g/mol. The van der Waals surface area contributed by atoms with Crippen LogP contribution in [0.4, 0.5) is 13.2 Å². The van der Waals surface area contributed by atoms with E-state index in [4.69, 9.17) is 0 Å². The van der Waals surface area contributed by atoms with Crippen LogP contribution in [0.2, 0.25) is 0 Å². The first-order valence-electron chi connectivity index (χ1n) is 5.27. The zero-order valence-corrected chi connectivity index (χ0v) is 8.53. The zero-order chi connectivity index (χ0) is 10.6. The SMILES string of the molecule is CC(CC1CCC1)NCCC(F)(F)F. The molecule has 84 valence electrons. The van der Waals surface area contributed by atoms with Gasteiger partial charge in [0, 0.05) is 12.6 Å². The number of alkyl halides is 3. The quantitative estimate of drug-likeness (QED) is 0.733. The molecule has 0 aliphatic heterocycles. The van der Waals surface area contributed by atoms with Gasteiger partial charge in [0.15, 0.2) is 0 Å². The van der Waals surface area contributed by atoms with E-state index >= 15 is 0 Å². The number of halogens is 3. The Kier molecular flexibility index (Phi) is 4.23. The van der Waals surface area contributed by atoms with Gasteiger partial charge in [0.25, 0.3) is 0 Å². The van der Waals surface area contributed by atoms with Crippen molar-refractivity contribution in [2.75, 3.05) is 6.54 Å². The molecule has 0 radical (unpaired) electrons. The van der Waals surface area contributed by atoms with Crippen LogP contribution in [-0.2, 0) is 0 Å². The van der Waals surface area contributed by atoms with Crippen LogP contribution in [0.25, 0.3) is 0 Å². The lowest BCUT2D eigenvalue weighted by molar-refractivity contribution is -0.133. The molecule has 4 heteroatoms. The molecule has 1 aliphatic rings. The van der Waals surface area contributed by atoms with Gasteiger partial charge in [-0.15, -0.1) is 0 Å². The number of nitrogens with one attached hydrogen (secondary N) is 1. The molecule has 0 aromatic carbocycles. The van der Waals surface area contributed by atoms with E-state index in [0.717, 1.165) is 12.3 Å². The third kappa shape index (κ3) is 4.84. The fraction of sp³-hybridized carbons (Fsp3) is 1.00. The fourth-order valence-electron chi connectivity index (χ4n) is 1.77. The number of rotatable bonds is 5. The summed E-state index contributed by atoms with van der Waals surface area (Å²) in [4.78, 5) is 0. The molecule has 0 saturated heterocycles. The van der Waals surface area contributed by atoms with E-state index in [1.807, 2.05) is 6.92 Å². The second kappa shape index (κ2) is 5.01. The van der Waals surface area contributed by atoms with Crippen LogP contribution >= 0.6 is 0 Å². The molecule has 0 spiro atoms. The molecule has 1 rings (SSSR count). The van der Waals surface area contributed by atoms with Crippen molar-refractivity contribution in [3.8, 4) is 0 Å². The molecule has 14 heavy (non-hydrogen) atoms. The van der Waals surface area contributed by atoms with Crippen LogP contribution in [0, 0.1) is 5.92 Å². The summed E-state index contributed by atoms with van der Waals surface area (Å²) >= 11 is 0. The highest BCUT2D eigenvalue weighted by atomic mass is 19.4. The van der Waals surface area contributed by atoms with Gasteiger partial charge in [-0.25, -0.2) is 0 Å². The van der Waals surface area contributed by atoms with Crippen molar-refractivity contribution in [1.82, 2.24) is 5.32 Å². The number of hydrogen-bond acceptors (Lipinski definition) is 1. The van der Waals surface area contributed by atoms with E-state index in [9.17, 15) is 13.2 Å². The Hall–Kier alpha value is -0.250. The molecule has 1 aliphatic carbocycles. The first kappa shape index (κ1) is 11.8. The first-order valence-corrected chi connectivity index (χ1v) is 5.27. The maximum absolute atomic E-state index is 11.8. The van der Waals surface area contributed by atoms with Gasteiger partial charge in [-0.3, -0.25) is 0 Å². The molecule has 0 amide bonds. The third-order valence-electron chi connectivity index (χ3n) is 2.81. The molecule has 1 saturated carbocycles. The van der Waals surface area contributed by atoms with Crippen molar-refractivity contribution in [3.63, 3.8) is 0 Å².